The Morgan fingerprint density at radius 1 is 1.24 bits per heavy atom. The smallest absolute Gasteiger partial charge is 0.322 e. The highest BCUT2D eigenvalue weighted by Crippen LogP contribution is 2.26. The molecule has 8 heteroatoms. The van der Waals surface area contributed by atoms with E-state index in [2.05, 4.69) is 37.5 Å². The molecule has 0 aliphatic rings. The summed E-state index contributed by atoms with van der Waals surface area (Å²) in [5.41, 5.74) is -0.372. The number of anilines is 2. The number of ether oxygens (including phenoxy) is 1. The van der Waals surface area contributed by atoms with Crippen LogP contribution in [0.25, 0.3) is 0 Å². The van der Waals surface area contributed by atoms with Gasteiger partial charge in [0.15, 0.2) is 0 Å². The summed E-state index contributed by atoms with van der Waals surface area (Å²) in [6.45, 7) is 6.93. The number of rotatable bonds is 7. The predicted molar refractivity (Wildman–Crippen MR) is 83.9 cm³/mol. The molecule has 2 aromatic heterocycles. The molecule has 0 radical (unpaired) electrons. The highest BCUT2D eigenvalue weighted by molar-refractivity contribution is 7.09. The van der Waals surface area contributed by atoms with E-state index in [4.69, 9.17) is 4.74 Å². The first-order chi connectivity index (χ1) is 10.0. The van der Waals surface area contributed by atoms with Crippen LogP contribution in [0.3, 0.4) is 0 Å². The van der Waals surface area contributed by atoms with Crippen LogP contribution in [0.5, 0.6) is 6.01 Å². The lowest BCUT2D eigenvalue weighted by atomic mass is 10.1. The monoisotopic (exact) mass is 308 g/mol. The zero-order valence-corrected chi connectivity index (χ0v) is 13.5. The quantitative estimate of drug-likeness (QED) is 0.813. The lowest BCUT2D eigenvalue weighted by Gasteiger charge is -2.23. The van der Waals surface area contributed by atoms with Gasteiger partial charge in [0.1, 0.15) is 5.01 Å². The number of methoxy groups -OCH3 is 1. The van der Waals surface area contributed by atoms with E-state index in [1.165, 1.54) is 7.11 Å². The number of aromatic nitrogens is 4. The maximum Gasteiger partial charge on any atom is 0.322 e. The van der Waals surface area contributed by atoms with Gasteiger partial charge in [0.25, 0.3) is 0 Å². The van der Waals surface area contributed by atoms with Crippen molar-refractivity contribution in [3.05, 3.63) is 16.6 Å². The van der Waals surface area contributed by atoms with Crippen LogP contribution >= 0.6 is 11.3 Å². The summed E-state index contributed by atoms with van der Waals surface area (Å²) in [6.07, 6.45) is 2.77. The lowest BCUT2D eigenvalue weighted by molar-refractivity contribution is 0.379. The van der Waals surface area contributed by atoms with Gasteiger partial charge in [0, 0.05) is 18.1 Å². The zero-order valence-electron chi connectivity index (χ0n) is 12.7. The van der Waals surface area contributed by atoms with Gasteiger partial charge in [0.05, 0.1) is 12.6 Å². The Kier molecular flexibility index (Phi) is 4.89. The molecule has 114 valence electrons. The summed E-state index contributed by atoms with van der Waals surface area (Å²) in [5, 5.41) is 9.32. The SMILES string of the molecule is CCCNc1nc(NC(C)(C)c2nccs2)nc(OC)n1. The van der Waals surface area contributed by atoms with E-state index in [1.807, 2.05) is 19.2 Å². The van der Waals surface area contributed by atoms with E-state index in [9.17, 15) is 0 Å². The molecule has 0 aliphatic carbocycles. The van der Waals surface area contributed by atoms with Crippen LogP contribution in [-0.4, -0.2) is 33.6 Å². The van der Waals surface area contributed by atoms with E-state index in [1.54, 1.807) is 17.5 Å². The molecular weight excluding hydrogens is 288 g/mol. The van der Waals surface area contributed by atoms with Gasteiger partial charge in [0.2, 0.25) is 11.9 Å². The van der Waals surface area contributed by atoms with Crippen molar-refractivity contribution in [2.24, 2.45) is 0 Å². The van der Waals surface area contributed by atoms with Crippen molar-refractivity contribution in [1.29, 1.82) is 0 Å². The number of nitrogens with zero attached hydrogens (tertiary/aromatic N) is 4. The Labute approximate surface area is 128 Å². The highest BCUT2D eigenvalue weighted by atomic mass is 32.1. The van der Waals surface area contributed by atoms with Crippen molar-refractivity contribution in [3.63, 3.8) is 0 Å². The second-order valence-electron chi connectivity index (χ2n) is 4.98. The molecule has 2 rings (SSSR count). The second kappa shape index (κ2) is 6.66. The van der Waals surface area contributed by atoms with Crippen molar-refractivity contribution in [2.45, 2.75) is 32.7 Å². The summed E-state index contributed by atoms with van der Waals surface area (Å²) >= 11 is 1.59. The second-order valence-corrected chi connectivity index (χ2v) is 5.88. The van der Waals surface area contributed by atoms with Crippen LogP contribution in [0.4, 0.5) is 11.9 Å². The average Bonchev–Trinajstić information content (AvgIpc) is 2.99. The standard InChI is InChI=1S/C13H20N6OS/c1-5-6-15-10-16-11(18-12(17-10)20-4)19-13(2,3)9-14-7-8-21-9/h7-8H,5-6H2,1-4H3,(H2,15,16,17,18,19). The van der Waals surface area contributed by atoms with Gasteiger partial charge < -0.3 is 15.4 Å². The van der Waals surface area contributed by atoms with E-state index < -0.39 is 0 Å². The third-order valence-corrected chi connectivity index (χ3v) is 3.82. The first kappa shape index (κ1) is 15.4. The number of hydrogen-bond donors (Lipinski definition) is 2. The lowest BCUT2D eigenvalue weighted by Crippen LogP contribution is -2.29. The molecule has 0 unspecified atom stereocenters. The van der Waals surface area contributed by atoms with Gasteiger partial charge in [-0.3, -0.25) is 0 Å². The van der Waals surface area contributed by atoms with E-state index in [-0.39, 0.29) is 11.5 Å². The first-order valence-electron chi connectivity index (χ1n) is 6.77. The maximum atomic E-state index is 5.13. The molecule has 0 atom stereocenters. The summed E-state index contributed by atoms with van der Waals surface area (Å²) in [6, 6.07) is 0.279. The Morgan fingerprint density at radius 2 is 2.00 bits per heavy atom. The zero-order chi connectivity index (χ0) is 15.3. The van der Waals surface area contributed by atoms with Gasteiger partial charge in [-0.1, -0.05) is 6.92 Å². The fourth-order valence-corrected chi connectivity index (χ4v) is 2.40. The molecule has 0 aliphatic heterocycles. The van der Waals surface area contributed by atoms with Crippen molar-refractivity contribution in [3.8, 4) is 6.01 Å². The third kappa shape index (κ3) is 4.01. The Balaban J connectivity index is 2.22. The Hall–Kier alpha value is -1.96. The largest absolute Gasteiger partial charge is 0.467 e. The molecule has 2 aromatic rings. The van der Waals surface area contributed by atoms with Gasteiger partial charge >= 0.3 is 6.01 Å². The molecule has 0 fully saturated rings. The predicted octanol–water partition coefficient (Wildman–Crippen LogP) is 2.51. The number of nitrogens with one attached hydrogen (secondary N) is 2. The van der Waals surface area contributed by atoms with Crippen LogP contribution in [0.15, 0.2) is 11.6 Å². The van der Waals surface area contributed by atoms with Crippen molar-refractivity contribution in [2.75, 3.05) is 24.3 Å². The highest BCUT2D eigenvalue weighted by Gasteiger charge is 2.24. The molecule has 2 N–H and O–H groups in total. The molecule has 0 saturated carbocycles. The minimum atomic E-state index is -0.372. The number of hydrogen-bond acceptors (Lipinski definition) is 8. The van der Waals surface area contributed by atoms with Gasteiger partial charge in [-0.25, -0.2) is 4.98 Å². The van der Waals surface area contributed by atoms with Crippen molar-refractivity contribution < 1.29 is 4.74 Å². The molecule has 7 nitrogen and oxygen atoms in total. The van der Waals surface area contributed by atoms with E-state index in [0.29, 0.717) is 11.9 Å². The van der Waals surface area contributed by atoms with Crippen LogP contribution in [-0.2, 0) is 5.54 Å². The topological polar surface area (TPSA) is 84.9 Å². The fraction of sp³-hybridized carbons (Fsp3) is 0.538. The third-order valence-electron chi connectivity index (χ3n) is 2.72. The molecular formula is C13H20N6OS. The summed E-state index contributed by atoms with van der Waals surface area (Å²) in [5.74, 6) is 0.960. The average molecular weight is 308 g/mol. The molecule has 0 aromatic carbocycles. The van der Waals surface area contributed by atoms with Crippen LogP contribution < -0.4 is 15.4 Å². The first-order valence-corrected chi connectivity index (χ1v) is 7.65. The summed E-state index contributed by atoms with van der Waals surface area (Å²) in [7, 11) is 1.54. The normalized spacial score (nSPS) is 11.2. The van der Waals surface area contributed by atoms with Crippen molar-refractivity contribution >= 4 is 23.2 Å². The molecule has 0 spiro atoms. The van der Waals surface area contributed by atoms with Crippen LogP contribution in [0.2, 0.25) is 0 Å². The van der Waals surface area contributed by atoms with Crippen molar-refractivity contribution in [1.82, 2.24) is 19.9 Å². The fourth-order valence-electron chi connectivity index (χ4n) is 1.68. The molecule has 21 heavy (non-hydrogen) atoms. The minimum absolute atomic E-state index is 0.279. The van der Waals surface area contributed by atoms with E-state index >= 15 is 0 Å². The van der Waals surface area contributed by atoms with E-state index in [0.717, 1.165) is 18.0 Å². The van der Waals surface area contributed by atoms with Crippen LogP contribution in [0, 0.1) is 0 Å². The van der Waals surface area contributed by atoms with Crippen LogP contribution in [0.1, 0.15) is 32.2 Å². The van der Waals surface area contributed by atoms with Gasteiger partial charge in [-0.2, -0.15) is 15.0 Å². The summed E-state index contributed by atoms with van der Waals surface area (Å²) in [4.78, 5) is 17.1. The van der Waals surface area contributed by atoms with Gasteiger partial charge in [-0.05, 0) is 20.3 Å². The van der Waals surface area contributed by atoms with Gasteiger partial charge in [-0.15, -0.1) is 11.3 Å². The maximum absolute atomic E-state index is 5.13. The molecule has 0 amide bonds. The number of thiazole rings is 1. The molecule has 0 saturated heterocycles. The molecule has 2 heterocycles. The summed E-state index contributed by atoms with van der Waals surface area (Å²) < 4.78 is 5.13. The minimum Gasteiger partial charge on any atom is -0.467 e. The Morgan fingerprint density at radius 3 is 2.62 bits per heavy atom. The molecule has 0 bridgehead atoms. The Bertz CT molecular complexity index is 572.